The first-order valence-corrected chi connectivity index (χ1v) is 6.03. The van der Waals surface area contributed by atoms with Crippen molar-refractivity contribution in [2.45, 2.75) is 19.8 Å². The highest BCUT2D eigenvalue weighted by atomic mass is 16.5. The number of benzene rings is 1. The predicted octanol–water partition coefficient (Wildman–Crippen LogP) is 1.78. The van der Waals surface area contributed by atoms with Crippen molar-refractivity contribution in [3.05, 3.63) is 23.8 Å². The zero-order valence-electron chi connectivity index (χ0n) is 11.7. The highest BCUT2D eigenvalue weighted by molar-refractivity contribution is 6.03. The molecule has 0 aliphatic rings. The SMILES string of the molecule is CCc1ccc(OC)c(N(C)C(=O)CC(=O)OC)c1. The third-order valence-electron chi connectivity index (χ3n) is 2.91. The number of hydrogen-bond acceptors (Lipinski definition) is 4. The van der Waals surface area contributed by atoms with E-state index in [9.17, 15) is 9.59 Å². The summed E-state index contributed by atoms with van der Waals surface area (Å²) in [5.41, 5.74) is 1.74. The second kappa shape index (κ2) is 6.78. The molecule has 1 amide bonds. The van der Waals surface area contributed by atoms with Gasteiger partial charge in [0.25, 0.3) is 0 Å². The molecule has 0 fully saturated rings. The first-order chi connectivity index (χ1) is 9.03. The molecule has 0 radical (unpaired) electrons. The molecule has 104 valence electrons. The average molecular weight is 265 g/mol. The van der Waals surface area contributed by atoms with Gasteiger partial charge in [-0.05, 0) is 24.1 Å². The molecule has 1 aromatic carbocycles. The number of nitrogens with zero attached hydrogens (tertiary/aromatic N) is 1. The van der Waals surface area contributed by atoms with Crippen molar-refractivity contribution in [2.75, 3.05) is 26.2 Å². The fourth-order valence-corrected chi connectivity index (χ4v) is 1.67. The number of esters is 1. The van der Waals surface area contributed by atoms with Crippen LogP contribution < -0.4 is 9.64 Å². The fourth-order valence-electron chi connectivity index (χ4n) is 1.67. The molecule has 5 nitrogen and oxygen atoms in total. The Kier molecular flexibility index (Phi) is 5.36. The van der Waals surface area contributed by atoms with Crippen LogP contribution in [0.3, 0.4) is 0 Å². The smallest absolute Gasteiger partial charge is 0.315 e. The van der Waals surface area contributed by atoms with Gasteiger partial charge >= 0.3 is 5.97 Å². The second-order valence-electron chi connectivity index (χ2n) is 4.07. The molecule has 0 saturated carbocycles. The molecule has 0 unspecified atom stereocenters. The number of methoxy groups -OCH3 is 2. The van der Waals surface area contributed by atoms with Gasteiger partial charge in [-0.1, -0.05) is 13.0 Å². The minimum atomic E-state index is -0.553. The molecule has 5 heteroatoms. The molecule has 0 heterocycles. The number of hydrogen-bond donors (Lipinski definition) is 0. The minimum absolute atomic E-state index is 0.285. The van der Waals surface area contributed by atoms with E-state index >= 15 is 0 Å². The number of amides is 1. The van der Waals surface area contributed by atoms with Crippen LogP contribution in [0, 0.1) is 0 Å². The summed E-state index contributed by atoms with van der Waals surface area (Å²) < 4.78 is 9.73. The van der Waals surface area contributed by atoms with Crippen LogP contribution in [0.4, 0.5) is 5.69 Å². The number of carbonyl (C=O) groups is 2. The zero-order valence-corrected chi connectivity index (χ0v) is 11.7. The number of carbonyl (C=O) groups excluding carboxylic acids is 2. The average Bonchev–Trinajstić information content (AvgIpc) is 2.45. The lowest BCUT2D eigenvalue weighted by atomic mass is 10.1. The van der Waals surface area contributed by atoms with Crippen LogP contribution >= 0.6 is 0 Å². The van der Waals surface area contributed by atoms with E-state index in [1.165, 1.54) is 12.0 Å². The van der Waals surface area contributed by atoms with Crippen molar-refractivity contribution in [3.8, 4) is 5.75 Å². The minimum Gasteiger partial charge on any atom is -0.495 e. The Bertz CT molecular complexity index is 471. The summed E-state index contributed by atoms with van der Waals surface area (Å²) in [4.78, 5) is 24.5. The van der Waals surface area contributed by atoms with Crippen molar-refractivity contribution in [1.82, 2.24) is 0 Å². The van der Waals surface area contributed by atoms with E-state index in [0.29, 0.717) is 11.4 Å². The van der Waals surface area contributed by atoms with Gasteiger partial charge in [-0.15, -0.1) is 0 Å². The largest absolute Gasteiger partial charge is 0.495 e. The molecule has 1 aromatic rings. The maximum absolute atomic E-state index is 12.0. The van der Waals surface area contributed by atoms with Crippen molar-refractivity contribution in [3.63, 3.8) is 0 Å². The van der Waals surface area contributed by atoms with Gasteiger partial charge in [0.15, 0.2) is 0 Å². The molecular weight excluding hydrogens is 246 g/mol. The molecule has 19 heavy (non-hydrogen) atoms. The Balaban J connectivity index is 2.99. The summed E-state index contributed by atoms with van der Waals surface area (Å²) in [7, 11) is 4.42. The Morgan fingerprint density at radius 2 is 1.95 bits per heavy atom. The van der Waals surface area contributed by atoms with Gasteiger partial charge in [0.1, 0.15) is 12.2 Å². The first-order valence-electron chi connectivity index (χ1n) is 6.03. The monoisotopic (exact) mass is 265 g/mol. The van der Waals surface area contributed by atoms with Crippen LogP contribution in [-0.2, 0) is 20.7 Å². The maximum atomic E-state index is 12.0. The van der Waals surface area contributed by atoms with Gasteiger partial charge in [-0.3, -0.25) is 9.59 Å². The molecule has 0 aliphatic carbocycles. The zero-order chi connectivity index (χ0) is 14.4. The van der Waals surface area contributed by atoms with Crippen LogP contribution in [-0.4, -0.2) is 33.1 Å². The van der Waals surface area contributed by atoms with Crippen molar-refractivity contribution in [1.29, 1.82) is 0 Å². The van der Waals surface area contributed by atoms with Crippen LogP contribution in [0.2, 0.25) is 0 Å². The van der Waals surface area contributed by atoms with Crippen LogP contribution in [0.5, 0.6) is 5.75 Å². The molecule has 0 spiro atoms. The summed E-state index contributed by atoms with van der Waals surface area (Å²) in [6, 6.07) is 5.64. The molecule has 0 atom stereocenters. The molecule has 0 bridgehead atoms. The van der Waals surface area contributed by atoms with E-state index in [-0.39, 0.29) is 12.3 Å². The Labute approximate surface area is 113 Å². The van der Waals surface area contributed by atoms with E-state index < -0.39 is 5.97 Å². The Morgan fingerprint density at radius 1 is 1.26 bits per heavy atom. The van der Waals surface area contributed by atoms with E-state index in [4.69, 9.17) is 4.74 Å². The van der Waals surface area contributed by atoms with Crippen LogP contribution in [0.1, 0.15) is 18.9 Å². The van der Waals surface area contributed by atoms with Gasteiger partial charge in [0.2, 0.25) is 5.91 Å². The molecule has 1 rings (SSSR count). The van der Waals surface area contributed by atoms with Gasteiger partial charge in [-0.25, -0.2) is 0 Å². The van der Waals surface area contributed by atoms with Gasteiger partial charge in [-0.2, -0.15) is 0 Å². The van der Waals surface area contributed by atoms with Crippen molar-refractivity contribution in [2.24, 2.45) is 0 Å². The number of aryl methyl sites for hydroxylation is 1. The third-order valence-corrected chi connectivity index (χ3v) is 2.91. The Morgan fingerprint density at radius 3 is 2.47 bits per heavy atom. The number of ether oxygens (including phenoxy) is 2. The molecule has 0 aromatic heterocycles. The third kappa shape index (κ3) is 3.71. The van der Waals surface area contributed by atoms with E-state index in [1.807, 2.05) is 25.1 Å². The van der Waals surface area contributed by atoms with Gasteiger partial charge in [0.05, 0.1) is 19.9 Å². The summed E-state index contributed by atoms with van der Waals surface area (Å²) >= 11 is 0. The summed E-state index contributed by atoms with van der Waals surface area (Å²) in [5, 5.41) is 0. The summed E-state index contributed by atoms with van der Waals surface area (Å²) in [6.45, 7) is 2.03. The van der Waals surface area contributed by atoms with E-state index in [0.717, 1.165) is 12.0 Å². The normalized spacial score (nSPS) is 9.89. The van der Waals surface area contributed by atoms with E-state index in [2.05, 4.69) is 4.74 Å². The standard InChI is InChI=1S/C14H19NO4/c1-5-10-6-7-12(18-3)11(8-10)15(2)13(16)9-14(17)19-4/h6-8H,5,9H2,1-4H3. The molecular formula is C14H19NO4. The van der Waals surface area contributed by atoms with Crippen molar-refractivity contribution >= 4 is 17.6 Å². The lowest BCUT2D eigenvalue weighted by Crippen LogP contribution is -2.29. The van der Waals surface area contributed by atoms with Crippen LogP contribution in [0.15, 0.2) is 18.2 Å². The van der Waals surface area contributed by atoms with Crippen LogP contribution in [0.25, 0.3) is 0 Å². The first kappa shape index (κ1) is 15.0. The quantitative estimate of drug-likeness (QED) is 0.601. The second-order valence-corrected chi connectivity index (χ2v) is 4.07. The number of rotatable bonds is 5. The number of anilines is 1. The highest BCUT2D eigenvalue weighted by Gasteiger charge is 2.18. The summed E-state index contributed by atoms with van der Waals surface area (Å²) in [5.74, 6) is -0.293. The molecule has 0 saturated heterocycles. The predicted molar refractivity (Wildman–Crippen MR) is 72.4 cm³/mol. The molecule has 0 N–H and O–H groups in total. The lowest BCUT2D eigenvalue weighted by Gasteiger charge is -2.20. The maximum Gasteiger partial charge on any atom is 0.315 e. The topological polar surface area (TPSA) is 55.8 Å². The van der Waals surface area contributed by atoms with E-state index in [1.54, 1.807) is 14.2 Å². The fraction of sp³-hybridized carbons (Fsp3) is 0.429. The van der Waals surface area contributed by atoms with Crippen molar-refractivity contribution < 1.29 is 19.1 Å². The van der Waals surface area contributed by atoms with Gasteiger partial charge < -0.3 is 14.4 Å². The Hall–Kier alpha value is -2.04. The lowest BCUT2D eigenvalue weighted by molar-refractivity contribution is -0.143. The molecule has 0 aliphatic heterocycles. The van der Waals surface area contributed by atoms with Gasteiger partial charge in [0, 0.05) is 7.05 Å². The summed E-state index contributed by atoms with van der Waals surface area (Å²) in [6.07, 6.45) is 0.572. The highest BCUT2D eigenvalue weighted by Crippen LogP contribution is 2.29.